The highest BCUT2D eigenvalue weighted by Gasteiger charge is 2.37. The van der Waals surface area contributed by atoms with Crippen LogP contribution in [0.5, 0.6) is 0 Å². The van der Waals surface area contributed by atoms with Crippen LogP contribution in [0, 0.1) is 0 Å². The van der Waals surface area contributed by atoms with E-state index in [-0.39, 0.29) is 6.29 Å². The fourth-order valence-electron chi connectivity index (χ4n) is 2.32. The van der Waals surface area contributed by atoms with Crippen LogP contribution in [0.15, 0.2) is 54.6 Å². The molecule has 0 unspecified atom stereocenters. The number of aldehydes is 1. The highest BCUT2D eigenvalue weighted by molar-refractivity contribution is 5.91. The van der Waals surface area contributed by atoms with Crippen LogP contribution in [0.1, 0.15) is 22.3 Å². The molecule has 0 heterocycles. The number of rotatable bonds is 3. The van der Waals surface area contributed by atoms with Crippen molar-refractivity contribution in [3.63, 3.8) is 0 Å². The molecule has 0 aliphatic heterocycles. The van der Waals surface area contributed by atoms with Gasteiger partial charge in [0.2, 0.25) is 0 Å². The molecular formula is C17H10F6O. The van der Waals surface area contributed by atoms with E-state index in [4.69, 9.17) is 0 Å². The van der Waals surface area contributed by atoms with E-state index in [2.05, 4.69) is 0 Å². The third-order valence-electron chi connectivity index (χ3n) is 3.28. The SMILES string of the molecule is O=CC=C(c1ccccc1C(F)(F)F)c1ccccc1C(F)(F)F. The average molecular weight is 344 g/mol. The Morgan fingerprint density at radius 2 is 1.08 bits per heavy atom. The lowest BCUT2D eigenvalue weighted by Crippen LogP contribution is -2.12. The minimum absolute atomic E-state index is 0.162. The van der Waals surface area contributed by atoms with E-state index in [0.29, 0.717) is 6.08 Å². The second-order valence-electron chi connectivity index (χ2n) is 4.80. The zero-order chi connectivity index (χ0) is 18.0. The molecule has 0 radical (unpaired) electrons. The number of carbonyl (C=O) groups excluding carboxylic acids is 1. The standard InChI is InChI=1S/C17H10F6O/c18-16(19,20)14-7-3-1-5-12(14)11(9-10-24)13-6-2-4-8-15(13)17(21,22)23/h1-10H. The largest absolute Gasteiger partial charge is 0.417 e. The minimum Gasteiger partial charge on any atom is -0.299 e. The van der Waals surface area contributed by atoms with Crippen molar-refractivity contribution in [2.24, 2.45) is 0 Å². The number of allylic oxidation sites excluding steroid dienone is 1. The average Bonchev–Trinajstić information content (AvgIpc) is 2.51. The van der Waals surface area contributed by atoms with Gasteiger partial charge in [-0.25, -0.2) is 0 Å². The first-order valence-corrected chi connectivity index (χ1v) is 6.65. The number of benzene rings is 2. The third kappa shape index (κ3) is 3.67. The molecule has 0 amide bonds. The lowest BCUT2D eigenvalue weighted by Gasteiger charge is -2.18. The quantitative estimate of drug-likeness (QED) is 0.416. The van der Waals surface area contributed by atoms with Gasteiger partial charge in [-0.2, -0.15) is 26.3 Å². The Balaban J connectivity index is 2.77. The van der Waals surface area contributed by atoms with Gasteiger partial charge in [-0.3, -0.25) is 4.79 Å². The molecule has 24 heavy (non-hydrogen) atoms. The molecule has 1 nitrogen and oxygen atoms in total. The summed E-state index contributed by atoms with van der Waals surface area (Å²) < 4.78 is 79.0. The van der Waals surface area contributed by atoms with Gasteiger partial charge in [-0.15, -0.1) is 0 Å². The number of carbonyl (C=O) groups is 1. The van der Waals surface area contributed by atoms with Crippen molar-refractivity contribution >= 4 is 11.9 Å². The minimum atomic E-state index is -4.77. The molecule has 0 saturated carbocycles. The summed E-state index contributed by atoms with van der Waals surface area (Å²) in [5.74, 6) is 0. The van der Waals surface area contributed by atoms with Gasteiger partial charge in [0.1, 0.15) is 6.29 Å². The number of hydrogen-bond acceptors (Lipinski definition) is 1. The van der Waals surface area contributed by atoms with Crippen LogP contribution in [-0.4, -0.2) is 6.29 Å². The molecule has 0 saturated heterocycles. The second-order valence-corrected chi connectivity index (χ2v) is 4.80. The zero-order valence-electron chi connectivity index (χ0n) is 11.9. The molecule has 126 valence electrons. The molecule has 2 aromatic carbocycles. The summed E-state index contributed by atoms with van der Waals surface area (Å²) in [6.45, 7) is 0. The van der Waals surface area contributed by atoms with Gasteiger partial charge in [0.15, 0.2) is 0 Å². The van der Waals surface area contributed by atoms with Crippen LogP contribution in [0.25, 0.3) is 5.57 Å². The summed E-state index contributed by atoms with van der Waals surface area (Å²) in [6.07, 6.45) is -8.68. The van der Waals surface area contributed by atoms with Crippen LogP contribution in [-0.2, 0) is 17.1 Å². The Labute approximate surface area is 133 Å². The number of halogens is 6. The second kappa shape index (κ2) is 6.51. The zero-order valence-corrected chi connectivity index (χ0v) is 11.9. The topological polar surface area (TPSA) is 17.1 Å². The molecule has 0 N–H and O–H groups in total. The van der Waals surface area contributed by atoms with Crippen LogP contribution < -0.4 is 0 Å². The Hall–Kier alpha value is -2.57. The summed E-state index contributed by atoms with van der Waals surface area (Å²) in [7, 11) is 0. The maximum atomic E-state index is 13.2. The van der Waals surface area contributed by atoms with Crippen molar-refractivity contribution in [2.45, 2.75) is 12.4 Å². The lowest BCUT2D eigenvalue weighted by molar-refractivity contribution is -0.138. The van der Waals surface area contributed by atoms with E-state index in [0.717, 1.165) is 36.4 Å². The van der Waals surface area contributed by atoms with Crippen molar-refractivity contribution in [1.29, 1.82) is 0 Å². The van der Waals surface area contributed by atoms with Crippen LogP contribution >= 0.6 is 0 Å². The molecule has 0 bridgehead atoms. The maximum Gasteiger partial charge on any atom is 0.417 e. The molecule has 7 heteroatoms. The first kappa shape index (κ1) is 17.8. The maximum absolute atomic E-state index is 13.2. The molecule has 0 aliphatic carbocycles. The highest BCUT2D eigenvalue weighted by atomic mass is 19.4. The van der Waals surface area contributed by atoms with Crippen molar-refractivity contribution in [1.82, 2.24) is 0 Å². The Morgan fingerprint density at radius 3 is 1.42 bits per heavy atom. The van der Waals surface area contributed by atoms with E-state index in [1.165, 1.54) is 12.1 Å². The van der Waals surface area contributed by atoms with Gasteiger partial charge in [-0.05, 0) is 34.9 Å². The van der Waals surface area contributed by atoms with Gasteiger partial charge >= 0.3 is 12.4 Å². The summed E-state index contributed by atoms with van der Waals surface area (Å²) in [6, 6.07) is 8.35. The number of alkyl halides is 6. The van der Waals surface area contributed by atoms with Crippen molar-refractivity contribution in [2.75, 3.05) is 0 Å². The fraction of sp³-hybridized carbons (Fsp3) is 0.118. The molecule has 0 aliphatic rings. The number of hydrogen-bond donors (Lipinski definition) is 0. The smallest absolute Gasteiger partial charge is 0.299 e. The Morgan fingerprint density at radius 1 is 0.708 bits per heavy atom. The van der Waals surface area contributed by atoms with Gasteiger partial charge < -0.3 is 0 Å². The van der Waals surface area contributed by atoms with Gasteiger partial charge in [-0.1, -0.05) is 36.4 Å². The molecule has 2 aromatic rings. The molecule has 0 fully saturated rings. The van der Waals surface area contributed by atoms with Gasteiger partial charge in [0.05, 0.1) is 11.1 Å². The monoisotopic (exact) mass is 344 g/mol. The summed E-state index contributed by atoms with van der Waals surface area (Å²) in [5.41, 5.74) is -3.65. The van der Waals surface area contributed by atoms with E-state index in [9.17, 15) is 31.1 Å². The summed E-state index contributed by atoms with van der Waals surface area (Å²) in [4.78, 5) is 10.8. The Kier molecular flexibility index (Phi) is 4.82. The predicted molar refractivity (Wildman–Crippen MR) is 76.0 cm³/mol. The van der Waals surface area contributed by atoms with Crippen LogP contribution in [0.2, 0.25) is 0 Å². The molecule has 2 rings (SSSR count). The third-order valence-corrected chi connectivity index (χ3v) is 3.28. The van der Waals surface area contributed by atoms with Gasteiger partial charge in [0, 0.05) is 0 Å². The van der Waals surface area contributed by atoms with Crippen molar-refractivity contribution < 1.29 is 31.1 Å². The predicted octanol–water partition coefficient (Wildman–Crippen LogP) is 5.35. The molecule has 0 atom stereocenters. The summed E-state index contributed by atoms with van der Waals surface area (Å²) >= 11 is 0. The summed E-state index contributed by atoms with van der Waals surface area (Å²) in [5, 5.41) is 0. The molecule has 0 spiro atoms. The van der Waals surface area contributed by atoms with Crippen LogP contribution in [0.3, 0.4) is 0 Å². The van der Waals surface area contributed by atoms with E-state index >= 15 is 0 Å². The van der Waals surface area contributed by atoms with Crippen molar-refractivity contribution in [3.8, 4) is 0 Å². The first-order chi connectivity index (χ1) is 11.2. The molecular weight excluding hydrogens is 334 g/mol. The van der Waals surface area contributed by atoms with E-state index in [1.807, 2.05) is 0 Å². The normalized spacial score (nSPS) is 11.9. The first-order valence-electron chi connectivity index (χ1n) is 6.65. The molecule has 0 aromatic heterocycles. The Bertz CT molecular complexity index is 712. The van der Waals surface area contributed by atoms with E-state index in [1.54, 1.807) is 0 Å². The highest BCUT2D eigenvalue weighted by Crippen LogP contribution is 2.41. The van der Waals surface area contributed by atoms with Crippen molar-refractivity contribution in [3.05, 3.63) is 76.9 Å². The van der Waals surface area contributed by atoms with Crippen LogP contribution in [0.4, 0.5) is 26.3 Å². The van der Waals surface area contributed by atoms with E-state index < -0.39 is 40.2 Å². The van der Waals surface area contributed by atoms with Gasteiger partial charge in [0.25, 0.3) is 0 Å². The lowest BCUT2D eigenvalue weighted by atomic mass is 9.90. The fourth-order valence-corrected chi connectivity index (χ4v) is 2.32.